The van der Waals surface area contributed by atoms with Gasteiger partial charge in [0, 0.05) is 13.6 Å². The fourth-order valence-electron chi connectivity index (χ4n) is 1.65. The Morgan fingerprint density at radius 1 is 1.33 bits per heavy atom. The van der Waals surface area contributed by atoms with E-state index in [2.05, 4.69) is 53.1 Å². The third-order valence-corrected chi connectivity index (χ3v) is 3.39. The smallest absolute Gasteiger partial charge is 0.191 e. The normalized spacial score (nSPS) is 13.2. The summed E-state index contributed by atoms with van der Waals surface area (Å²) in [5.41, 5.74) is 1.27. The summed E-state index contributed by atoms with van der Waals surface area (Å²) in [6, 6.07) is 10.7. The van der Waals surface area contributed by atoms with E-state index in [1.54, 1.807) is 0 Å². The molecule has 0 spiro atoms. The molecule has 1 rings (SSSR count). The molecule has 0 bridgehead atoms. The molecule has 0 aliphatic rings. The van der Waals surface area contributed by atoms with Crippen molar-refractivity contribution in [1.82, 2.24) is 10.6 Å². The van der Waals surface area contributed by atoms with Gasteiger partial charge < -0.3 is 10.6 Å². The van der Waals surface area contributed by atoms with Gasteiger partial charge in [0.25, 0.3) is 0 Å². The second kappa shape index (κ2) is 8.86. The molecule has 1 unspecified atom stereocenters. The largest absolute Gasteiger partial charge is 0.356 e. The summed E-state index contributed by atoms with van der Waals surface area (Å²) in [4.78, 5) is 4.24. The van der Waals surface area contributed by atoms with Crippen LogP contribution in [-0.2, 0) is 0 Å². The maximum absolute atomic E-state index is 4.24. The average molecular weight is 265 g/mol. The highest BCUT2D eigenvalue weighted by Gasteiger charge is 2.06. The summed E-state index contributed by atoms with van der Waals surface area (Å²) >= 11 is 1.87. The van der Waals surface area contributed by atoms with Crippen LogP contribution in [0.2, 0.25) is 0 Å². The minimum Gasteiger partial charge on any atom is -0.356 e. The molecule has 0 saturated carbocycles. The van der Waals surface area contributed by atoms with E-state index in [0.29, 0.717) is 0 Å². The van der Waals surface area contributed by atoms with Gasteiger partial charge in [0.15, 0.2) is 5.96 Å². The summed E-state index contributed by atoms with van der Waals surface area (Å²) < 4.78 is 0. The zero-order chi connectivity index (χ0) is 13.2. The van der Waals surface area contributed by atoms with Gasteiger partial charge in [0.05, 0.1) is 6.04 Å². The Hall–Kier alpha value is -1.16. The number of nitrogens with one attached hydrogen (secondary N) is 2. The van der Waals surface area contributed by atoms with Crippen LogP contribution in [0.3, 0.4) is 0 Å². The van der Waals surface area contributed by atoms with E-state index in [1.165, 1.54) is 11.3 Å². The van der Waals surface area contributed by atoms with Crippen molar-refractivity contribution < 1.29 is 0 Å². The predicted molar refractivity (Wildman–Crippen MR) is 82.4 cm³/mol. The molecule has 1 aromatic rings. The molecule has 3 nitrogen and oxygen atoms in total. The second-order valence-corrected chi connectivity index (χ2v) is 5.11. The Balaban J connectivity index is 2.39. The van der Waals surface area contributed by atoms with Gasteiger partial charge in [-0.15, -0.1) is 0 Å². The summed E-state index contributed by atoms with van der Waals surface area (Å²) in [7, 11) is 1.81. The highest BCUT2D eigenvalue weighted by Crippen LogP contribution is 2.10. The average Bonchev–Trinajstić information content (AvgIpc) is 2.43. The van der Waals surface area contributed by atoms with Crippen molar-refractivity contribution >= 4 is 17.7 Å². The van der Waals surface area contributed by atoms with E-state index in [-0.39, 0.29) is 6.04 Å². The Labute approximate surface area is 114 Å². The number of guanidine groups is 1. The van der Waals surface area contributed by atoms with E-state index in [1.807, 2.05) is 24.9 Å². The van der Waals surface area contributed by atoms with Gasteiger partial charge in [0.2, 0.25) is 0 Å². The first-order valence-electron chi connectivity index (χ1n) is 6.29. The lowest BCUT2D eigenvalue weighted by atomic mass is 10.1. The van der Waals surface area contributed by atoms with Crippen molar-refractivity contribution in [2.24, 2.45) is 4.99 Å². The first kappa shape index (κ1) is 14.9. The Kier molecular flexibility index (Phi) is 7.34. The third-order valence-electron chi connectivity index (χ3n) is 2.69. The van der Waals surface area contributed by atoms with Crippen LogP contribution >= 0.6 is 11.8 Å². The Bertz CT molecular complexity index is 351. The molecular weight excluding hydrogens is 242 g/mol. The molecule has 1 atom stereocenters. The van der Waals surface area contributed by atoms with Crippen LogP contribution in [0.4, 0.5) is 0 Å². The molecule has 100 valence electrons. The fourth-order valence-corrected chi connectivity index (χ4v) is 2.08. The van der Waals surface area contributed by atoms with Crippen molar-refractivity contribution in [2.75, 3.05) is 25.6 Å². The minimum atomic E-state index is 0.262. The van der Waals surface area contributed by atoms with Crippen molar-refractivity contribution in [3.8, 4) is 0 Å². The zero-order valence-electron chi connectivity index (χ0n) is 11.4. The van der Waals surface area contributed by atoms with Gasteiger partial charge in [-0.1, -0.05) is 30.3 Å². The maximum atomic E-state index is 4.24. The number of thioether (sulfide) groups is 1. The minimum absolute atomic E-state index is 0.262. The van der Waals surface area contributed by atoms with Crippen LogP contribution in [0.5, 0.6) is 0 Å². The van der Waals surface area contributed by atoms with Crippen LogP contribution in [-0.4, -0.2) is 31.6 Å². The lowest BCUT2D eigenvalue weighted by molar-refractivity contribution is 0.682. The molecule has 0 fully saturated rings. The highest BCUT2D eigenvalue weighted by molar-refractivity contribution is 7.98. The molecule has 1 aromatic carbocycles. The van der Waals surface area contributed by atoms with Gasteiger partial charge in [-0.25, -0.2) is 0 Å². The van der Waals surface area contributed by atoms with E-state index in [4.69, 9.17) is 0 Å². The van der Waals surface area contributed by atoms with Crippen LogP contribution in [0.1, 0.15) is 24.9 Å². The monoisotopic (exact) mass is 265 g/mol. The predicted octanol–water partition coefficient (Wildman–Crippen LogP) is 2.67. The zero-order valence-corrected chi connectivity index (χ0v) is 12.3. The van der Waals surface area contributed by atoms with Crippen LogP contribution < -0.4 is 10.6 Å². The highest BCUT2D eigenvalue weighted by atomic mass is 32.2. The summed E-state index contributed by atoms with van der Waals surface area (Å²) in [6.45, 7) is 3.10. The van der Waals surface area contributed by atoms with Crippen LogP contribution in [0.25, 0.3) is 0 Å². The van der Waals surface area contributed by atoms with Crippen molar-refractivity contribution in [1.29, 1.82) is 0 Å². The second-order valence-electron chi connectivity index (χ2n) is 4.12. The van der Waals surface area contributed by atoms with Gasteiger partial charge in [-0.05, 0) is 30.9 Å². The standard InChI is InChI=1S/C14H23N3S/c1-12(13-8-5-4-6-9-13)17-14(15-2)16-10-7-11-18-3/h4-6,8-9,12H,7,10-11H2,1-3H3,(H2,15,16,17). The quantitative estimate of drug-likeness (QED) is 0.472. The molecule has 2 N–H and O–H groups in total. The molecule has 0 radical (unpaired) electrons. The lowest BCUT2D eigenvalue weighted by Crippen LogP contribution is -2.39. The lowest BCUT2D eigenvalue weighted by Gasteiger charge is -2.18. The molecule has 0 heterocycles. The molecule has 0 aliphatic heterocycles. The third kappa shape index (κ3) is 5.45. The molecule has 0 saturated heterocycles. The van der Waals surface area contributed by atoms with Crippen LogP contribution in [0, 0.1) is 0 Å². The summed E-state index contributed by atoms with van der Waals surface area (Å²) in [5.74, 6) is 2.05. The van der Waals surface area contributed by atoms with Crippen molar-refractivity contribution in [3.05, 3.63) is 35.9 Å². The molecule has 0 amide bonds. The maximum Gasteiger partial charge on any atom is 0.191 e. The number of nitrogens with zero attached hydrogens (tertiary/aromatic N) is 1. The summed E-state index contributed by atoms with van der Waals surface area (Å²) in [6.07, 6.45) is 3.28. The van der Waals surface area contributed by atoms with E-state index in [9.17, 15) is 0 Å². The van der Waals surface area contributed by atoms with E-state index < -0.39 is 0 Å². The van der Waals surface area contributed by atoms with Gasteiger partial charge in [0.1, 0.15) is 0 Å². The number of aliphatic imine (C=N–C) groups is 1. The Morgan fingerprint density at radius 3 is 2.67 bits per heavy atom. The van der Waals surface area contributed by atoms with E-state index >= 15 is 0 Å². The van der Waals surface area contributed by atoms with Gasteiger partial charge >= 0.3 is 0 Å². The molecular formula is C14H23N3S. The molecule has 4 heteroatoms. The number of hydrogen-bond donors (Lipinski definition) is 2. The molecule has 0 aromatic heterocycles. The molecule has 0 aliphatic carbocycles. The van der Waals surface area contributed by atoms with Crippen molar-refractivity contribution in [2.45, 2.75) is 19.4 Å². The van der Waals surface area contributed by atoms with Gasteiger partial charge in [-0.3, -0.25) is 4.99 Å². The number of benzene rings is 1. The first-order chi connectivity index (χ1) is 8.77. The van der Waals surface area contributed by atoms with Crippen molar-refractivity contribution in [3.63, 3.8) is 0 Å². The number of hydrogen-bond acceptors (Lipinski definition) is 2. The SMILES string of the molecule is CN=C(NCCCSC)NC(C)c1ccccc1. The molecule has 18 heavy (non-hydrogen) atoms. The van der Waals surface area contributed by atoms with E-state index in [0.717, 1.165) is 18.9 Å². The van der Waals surface area contributed by atoms with Gasteiger partial charge in [-0.2, -0.15) is 11.8 Å². The number of rotatable bonds is 6. The fraction of sp³-hybridized carbons (Fsp3) is 0.500. The Morgan fingerprint density at radius 2 is 2.06 bits per heavy atom. The van der Waals surface area contributed by atoms with Crippen LogP contribution in [0.15, 0.2) is 35.3 Å². The summed E-state index contributed by atoms with van der Waals surface area (Å²) in [5, 5.41) is 6.72. The topological polar surface area (TPSA) is 36.4 Å². The first-order valence-corrected chi connectivity index (χ1v) is 7.68.